The van der Waals surface area contributed by atoms with Crippen LogP contribution in [0.4, 0.5) is 0 Å². The molecule has 0 aliphatic heterocycles. The van der Waals surface area contributed by atoms with Crippen LogP contribution in [-0.4, -0.2) is 20.3 Å². The van der Waals surface area contributed by atoms with E-state index in [4.69, 9.17) is 11.6 Å². The topological polar surface area (TPSA) is 68.9 Å². The molecule has 1 unspecified atom stereocenters. The van der Waals surface area contributed by atoms with Crippen molar-refractivity contribution in [2.24, 2.45) is 0 Å². The van der Waals surface area contributed by atoms with Gasteiger partial charge >= 0.3 is 5.69 Å². The van der Waals surface area contributed by atoms with Crippen molar-refractivity contribution >= 4 is 17.5 Å². The Labute approximate surface area is 173 Å². The van der Waals surface area contributed by atoms with Crippen molar-refractivity contribution in [3.05, 3.63) is 75.2 Å². The maximum absolute atomic E-state index is 12.9. The molecule has 3 aromatic rings. The Hall–Kier alpha value is -2.86. The van der Waals surface area contributed by atoms with Crippen LogP contribution in [0, 0.1) is 0 Å². The van der Waals surface area contributed by atoms with Crippen LogP contribution in [0.3, 0.4) is 0 Å². The van der Waals surface area contributed by atoms with Gasteiger partial charge in [0.1, 0.15) is 6.54 Å². The predicted molar refractivity (Wildman–Crippen MR) is 111 cm³/mol. The number of rotatable bonds is 5. The van der Waals surface area contributed by atoms with Gasteiger partial charge in [-0.15, -0.1) is 5.10 Å². The summed E-state index contributed by atoms with van der Waals surface area (Å²) in [5, 5.41) is 8.19. The van der Waals surface area contributed by atoms with Gasteiger partial charge in [-0.2, -0.15) is 0 Å². The van der Waals surface area contributed by atoms with Gasteiger partial charge in [0.05, 0.1) is 6.04 Å². The van der Waals surface area contributed by atoms with Crippen molar-refractivity contribution in [3.63, 3.8) is 0 Å². The van der Waals surface area contributed by atoms with Crippen LogP contribution >= 0.6 is 11.6 Å². The molecule has 2 aromatic carbocycles. The highest BCUT2D eigenvalue weighted by Gasteiger charge is 2.31. The second-order valence-corrected chi connectivity index (χ2v) is 8.17. The van der Waals surface area contributed by atoms with E-state index in [1.165, 1.54) is 15.8 Å². The standard InChI is InChI=1S/C22H21ClN4O2/c23-16-8-5-15(6-9-16)21-25-26(22(29)27(21)17-10-11-17)13-20(28)24-19-12-7-14-3-1-2-4-18(14)19/h1-6,8-9,17,19H,7,10-13H2,(H,24,28). The molecule has 2 aliphatic rings. The van der Waals surface area contributed by atoms with Gasteiger partial charge in [-0.1, -0.05) is 35.9 Å². The summed E-state index contributed by atoms with van der Waals surface area (Å²) < 4.78 is 2.99. The molecule has 148 valence electrons. The summed E-state index contributed by atoms with van der Waals surface area (Å²) in [6.45, 7) is -0.0855. The largest absolute Gasteiger partial charge is 0.348 e. The number of nitrogens with one attached hydrogen (secondary N) is 1. The van der Waals surface area contributed by atoms with Gasteiger partial charge in [0.25, 0.3) is 0 Å². The number of aryl methyl sites for hydroxylation is 1. The second kappa shape index (κ2) is 7.19. The zero-order valence-electron chi connectivity index (χ0n) is 15.8. The van der Waals surface area contributed by atoms with Crippen molar-refractivity contribution < 1.29 is 4.79 Å². The fraction of sp³-hybridized carbons (Fsp3) is 0.318. The lowest BCUT2D eigenvalue weighted by molar-refractivity contribution is -0.122. The minimum atomic E-state index is -0.237. The van der Waals surface area contributed by atoms with Gasteiger partial charge in [0, 0.05) is 16.6 Å². The molecule has 6 nitrogen and oxygen atoms in total. The van der Waals surface area contributed by atoms with E-state index < -0.39 is 0 Å². The first-order valence-corrected chi connectivity index (χ1v) is 10.3. The number of benzene rings is 2. The molecule has 0 saturated heterocycles. The summed E-state index contributed by atoms with van der Waals surface area (Å²) in [6, 6.07) is 15.6. The highest BCUT2D eigenvalue weighted by atomic mass is 35.5. The Morgan fingerprint density at radius 1 is 1.10 bits per heavy atom. The number of fused-ring (bicyclic) bond motifs is 1. The molecule has 0 bridgehead atoms. The number of carbonyl (C=O) groups excluding carboxylic acids is 1. The van der Waals surface area contributed by atoms with E-state index in [-0.39, 0.29) is 30.2 Å². The molecule has 1 fully saturated rings. The number of halogens is 1. The lowest BCUT2D eigenvalue weighted by Crippen LogP contribution is -2.35. The average Bonchev–Trinajstić information content (AvgIpc) is 3.40. The van der Waals surface area contributed by atoms with Crippen LogP contribution in [0.15, 0.2) is 53.3 Å². The molecule has 1 aromatic heterocycles. The normalized spacial score (nSPS) is 17.9. The third-order valence-electron chi connectivity index (χ3n) is 5.65. The maximum atomic E-state index is 12.9. The molecule has 1 N–H and O–H groups in total. The third-order valence-corrected chi connectivity index (χ3v) is 5.90. The third kappa shape index (κ3) is 3.49. The van der Waals surface area contributed by atoms with Gasteiger partial charge in [0.15, 0.2) is 5.82 Å². The van der Waals surface area contributed by atoms with E-state index in [1.54, 1.807) is 16.7 Å². The molecular weight excluding hydrogens is 388 g/mol. The van der Waals surface area contributed by atoms with E-state index in [0.717, 1.165) is 31.2 Å². The number of hydrogen-bond acceptors (Lipinski definition) is 3. The molecule has 5 rings (SSSR count). The molecule has 1 saturated carbocycles. The average molecular weight is 409 g/mol. The Balaban J connectivity index is 1.39. The number of aromatic nitrogens is 3. The number of nitrogens with zero attached hydrogens (tertiary/aromatic N) is 3. The van der Waals surface area contributed by atoms with Crippen molar-refractivity contribution in [2.45, 2.75) is 44.3 Å². The highest BCUT2D eigenvalue weighted by molar-refractivity contribution is 6.30. The summed E-state index contributed by atoms with van der Waals surface area (Å²) in [6.07, 6.45) is 3.75. The molecule has 1 heterocycles. The van der Waals surface area contributed by atoms with Crippen LogP contribution in [0.25, 0.3) is 11.4 Å². The molecule has 1 atom stereocenters. The number of carbonyl (C=O) groups is 1. The van der Waals surface area contributed by atoms with Crippen LogP contribution in [0.5, 0.6) is 0 Å². The van der Waals surface area contributed by atoms with E-state index in [0.29, 0.717) is 10.8 Å². The van der Waals surface area contributed by atoms with Gasteiger partial charge in [0.2, 0.25) is 5.91 Å². The van der Waals surface area contributed by atoms with Crippen molar-refractivity contribution in [1.29, 1.82) is 0 Å². The second-order valence-electron chi connectivity index (χ2n) is 7.73. The van der Waals surface area contributed by atoms with Crippen LogP contribution < -0.4 is 11.0 Å². The van der Waals surface area contributed by atoms with Crippen LogP contribution in [-0.2, 0) is 17.8 Å². The van der Waals surface area contributed by atoms with E-state index >= 15 is 0 Å². The minimum Gasteiger partial charge on any atom is -0.348 e. The Morgan fingerprint density at radius 3 is 2.62 bits per heavy atom. The first kappa shape index (κ1) is 18.2. The molecule has 1 amide bonds. The Kier molecular flexibility index (Phi) is 4.51. The maximum Gasteiger partial charge on any atom is 0.346 e. The van der Waals surface area contributed by atoms with Gasteiger partial charge in [-0.25, -0.2) is 9.48 Å². The van der Waals surface area contributed by atoms with Crippen LogP contribution in [0.2, 0.25) is 5.02 Å². The van der Waals surface area contributed by atoms with Gasteiger partial charge < -0.3 is 5.32 Å². The lowest BCUT2D eigenvalue weighted by Gasteiger charge is -2.13. The molecular formula is C22H21ClN4O2. The number of hydrogen-bond donors (Lipinski definition) is 1. The molecule has 29 heavy (non-hydrogen) atoms. The SMILES string of the molecule is O=C(Cn1nc(-c2ccc(Cl)cc2)n(C2CC2)c1=O)NC1CCc2ccccc21. The highest BCUT2D eigenvalue weighted by Crippen LogP contribution is 2.36. The molecule has 7 heteroatoms. The first-order valence-electron chi connectivity index (χ1n) is 9.92. The Bertz CT molecular complexity index is 1130. The zero-order valence-corrected chi connectivity index (χ0v) is 16.6. The van der Waals surface area contributed by atoms with E-state index in [9.17, 15) is 9.59 Å². The summed E-state index contributed by atoms with van der Waals surface area (Å²) >= 11 is 5.99. The predicted octanol–water partition coefficient (Wildman–Crippen LogP) is 3.50. The summed E-state index contributed by atoms with van der Waals surface area (Å²) in [4.78, 5) is 25.6. The molecule has 0 spiro atoms. The fourth-order valence-corrected chi connectivity index (χ4v) is 4.19. The lowest BCUT2D eigenvalue weighted by atomic mass is 10.1. The summed E-state index contributed by atoms with van der Waals surface area (Å²) in [5.41, 5.74) is 3.03. The van der Waals surface area contributed by atoms with Crippen LogP contribution in [0.1, 0.15) is 42.5 Å². The minimum absolute atomic E-state index is 0.00402. The van der Waals surface area contributed by atoms with Gasteiger partial charge in [-0.3, -0.25) is 9.36 Å². The molecule has 0 radical (unpaired) electrons. The Morgan fingerprint density at radius 2 is 1.86 bits per heavy atom. The smallest absolute Gasteiger partial charge is 0.346 e. The monoisotopic (exact) mass is 408 g/mol. The van der Waals surface area contributed by atoms with E-state index in [2.05, 4.69) is 22.5 Å². The van der Waals surface area contributed by atoms with Crippen molar-refractivity contribution in [2.75, 3.05) is 0 Å². The van der Waals surface area contributed by atoms with E-state index in [1.807, 2.05) is 24.3 Å². The zero-order chi connectivity index (χ0) is 20.0. The summed E-state index contributed by atoms with van der Waals surface area (Å²) in [5.74, 6) is 0.394. The quantitative estimate of drug-likeness (QED) is 0.702. The first-order chi connectivity index (χ1) is 14.1. The van der Waals surface area contributed by atoms with Crippen molar-refractivity contribution in [1.82, 2.24) is 19.7 Å². The van der Waals surface area contributed by atoms with Gasteiger partial charge in [-0.05, 0) is 61.1 Å². The van der Waals surface area contributed by atoms with Crippen molar-refractivity contribution in [3.8, 4) is 11.4 Å². The number of amides is 1. The fourth-order valence-electron chi connectivity index (χ4n) is 4.06. The molecule has 2 aliphatic carbocycles. The summed E-state index contributed by atoms with van der Waals surface area (Å²) in [7, 11) is 0.